The van der Waals surface area contributed by atoms with Crippen LogP contribution in [-0.2, 0) is 4.79 Å². The number of rotatable bonds is 5. The van der Waals surface area contributed by atoms with Gasteiger partial charge in [0, 0.05) is 0 Å². The molecule has 0 fully saturated rings. The summed E-state index contributed by atoms with van der Waals surface area (Å²) >= 11 is 1.35. The van der Waals surface area contributed by atoms with Crippen LogP contribution in [0.1, 0.15) is 18.9 Å². The van der Waals surface area contributed by atoms with E-state index in [0.29, 0.717) is 17.2 Å². The molecule has 1 heterocycles. The molecule has 1 aliphatic heterocycles. The van der Waals surface area contributed by atoms with Gasteiger partial charge in [-0.05, 0) is 24.1 Å². The van der Waals surface area contributed by atoms with Gasteiger partial charge < -0.3 is 10.5 Å². The third kappa shape index (κ3) is 2.84. The second-order valence-corrected chi connectivity index (χ2v) is 5.44. The third-order valence-electron chi connectivity index (χ3n) is 2.81. The Morgan fingerprint density at radius 2 is 2.32 bits per heavy atom. The summed E-state index contributed by atoms with van der Waals surface area (Å²) in [5, 5.41) is 0.290. The molecule has 2 rings (SSSR count). The highest BCUT2D eigenvalue weighted by molar-refractivity contribution is 8.05. The van der Waals surface area contributed by atoms with E-state index in [0.717, 1.165) is 17.7 Å². The Labute approximate surface area is 117 Å². The average Bonchev–Trinajstić information content (AvgIpc) is 2.71. The molecule has 0 amide bonds. The highest BCUT2D eigenvalue weighted by Gasteiger charge is 2.31. The van der Waals surface area contributed by atoms with Gasteiger partial charge in [-0.15, -0.1) is 6.58 Å². The maximum atomic E-state index is 12.2. The molecule has 3 nitrogen and oxygen atoms in total. The zero-order valence-electron chi connectivity index (χ0n) is 10.9. The Kier molecular flexibility index (Phi) is 4.32. The van der Waals surface area contributed by atoms with Gasteiger partial charge in [0.2, 0.25) is 0 Å². The number of benzene rings is 1. The molecule has 1 aromatic carbocycles. The number of carbonyl (C=O) groups excluding carboxylic acids is 1. The molecule has 100 valence electrons. The second kappa shape index (κ2) is 5.97. The van der Waals surface area contributed by atoms with E-state index < -0.39 is 0 Å². The van der Waals surface area contributed by atoms with Gasteiger partial charge in [0.05, 0.1) is 22.5 Å². The standard InChI is InChI=1S/C15H17NO2S/c1-3-8-18-11-7-5-6-10(9-11)13-14(17)12(4-2)19-15(13)16/h4-7,9,12H,2-3,8,16H2,1H3. The van der Waals surface area contributed by atoms with Crippen LogP contribution in [0.3, 0.4) is 0 Å². The highest BCUT2D eigenvalue weighted by Crippen LogP contribution is 2.38. The first-order chi connectivity index (χ1) is 9.17. The molecular weight excluding hydrogens is 258 g/mol. The Bertz CT molecular complexity index is 537. The van der Waals surface area contributed by atoms with Crippen molar-refractivity contribution in [1.82, 2.24) is 0 Å². The van der Waals surface area contributed by atoms with Gasteiger partial charge in [-0.25, -0.2) is 0 Å². The average molecular weight is 275 g/mol. The lowest BCUT2D eigenvalue weighted by molar-refractivity contribution is -0.112. The predicted molar refractivity (Wildman–Crippen MR) is 79.9 cm³/mol. The first-order valence-corrected chi connectivity index (χ1v) is 7.11. The van der Waals surface area contributed by atoms with Crippen LogP contribution in [-0.4, -0.2) is 17.6 Å². The van der Waals surface area contributed by atoms with Crippen LogP contribution in [0.15, 0.2) is 41.9 Å². The minimum atomic E-state index is -0.268. The van der Waals surface area contributed by atoms with Crippen molar-refractivity contribution in [1.29, 1.82) is 0 Å². The van der Waals surface area contributed by atoms with Crippen molar-refractivity contribution in [2.24, 2.45) is 5.73 Å². The van der Waals surface area contributed by atoms with E-state index >= 15 is 0 Å². The van der Waals surface area contributed by atoms with Gasteiger partial charge in [0.25, 0.3) is 0 Å². The quantitative estimate of drug-likeness (QED) is 0.839. The van der Waals surface area contributed by atoms with Crippen molar-refractivity contribution in [3.05, 3.63) is 47.5 Å². The van der Waals surface area contributed by atoms with Gasteiger partial charge in [-0.2, -0.15) is 0 Å². The molecule has 2 N–H and O–H groups in total. The number of ketones is 1. The number of ether oxygens (including phenoxy) is 1. The van der Waals surface area contributed by atoms with Gasteiger partial charge in [-0.1, -0.05) is 36.9 Å². The summed E-state index contributed by atoms with van der Waals surface area (Å²) in [5.74, 6) is 0.782. The number of carbonyl (C=O) groups is 1. The van der Waals surface area contributed by atoms with E-state index in [4.69, 9.17) is 10.5 Å². The molecule has 4 heteroatoms. The fourth-order valence-electron chi connectivity index (χ4n) is 1.91. The third-order valence-corrected chi connectivity index (χ3v) is 3.93. The summed E-state index contributed by atoms with van der Waals surface area (Å²) < 4.78 is 5.58. The second-order valence-electron chi connectivity index (χ2n) is 4.25. The summed E-state index contributed by atoms with van der Waals surface area (Å²) in [5.41, 5.74) is 7.34. The summed E-state index contributed by atoms with van der Waals surface area (Å²) in [7, 11) is 0. The number of Topliss-reactive ketones (excluding diaryl/α,β-unsaturated/α-hetero) is 1. The van der Waals surface area contributed by atoms with Gasteiger partial charge >= 0.3 is 0 Å². The van der Waals surface area contributed by atoms with Crippen molar-refractivity contribution < 1.29 is 9.53 Å². The van der Waals surface area contributed by atoms with Crippen molar-refractivity contribution in [2.45, 2.75) is 18.6 Å². The van der Waals surface area contributed by atoms with Crippen LogP contribution in [0.25, 0.3) is 5.57 Å². The van der Waals surface area contributed by atoms with E-state index in [2.05, 4.69) is 13.5 Å². The van der Waals surface area contributed by atoms with E-state index in [1.54, 1.807) is 6.08 Å². The minimum absolute atomic E-state index is 0.0186. The van der Waals surface area contributed by atoms with Crippen molar-refractivity contribution >= 4 is 23.1 Å². The van der Waals surface area contributed by atoms with Crippen LogP contribution in [0.4, 0.5) is 0 Å². The Balaban J connectivity index is 2.29. The van der Waals surface area contributed by atoms with Crippen LogP contribution < -0.4 is 10.5 Å². The topological polar surface area (TPSA) is 52.3 Å². The summed E-state index contributed by atoms with van der Waals surface area (Å²) in [6.45, 7) is 6.38. The van der Waals surface area contributed by atoms with E-state index in [1.165, 1.54) is 11.8 Å². The molecule has 1 aliphatic rings. The molecule has 0 bridgehead atoms. The maximum absolute atomic E-state index is 12.2. The number of hydrogen-bond acceptors (Lipinski definition) is 4. The number of nitrogens with two attached hydrogens (primary N) is 1. The first-order valence-electron chi connectivity index (χ1n) is 6.23. The molecule has 19 heavy (non-hydrogen) atoms. The van der Waals surface area contributed by atoms with Crippen LogP contribution in [0, 0.1) is 0 Å². The fraction of sp³-hybridized carbons (Fsp3) is 0.267. The first kappa shape index (κ1) is 13.7. The van der Waals surface area contributed by atoms with Crippen LogP contribution in [0.5, 0.6) is 5.75 Å². The molecule has 0 aliphatic carbocycles. The number of hydrogen-bond donors (Lipinski definition) is 1. The predicted octanol–water partition coefficient (Wildman–Crippen LogP) is 2.97. The van der Waals surface area contributed by atoms with E-state index in [1.807, 2.05) is 24.3 Å². The molecular formula is C15H17NO2S. The van der Waals surface area contributed by atoms with Gasteiger partial charge in [0.15, 0.2) is 5.78 Å². The SMILES string of the molecule is C=CC1SC(N)=C(c2cccc(OCCC)c2)C1=O. The molecule has 0 spiro atoms. The van der Waals surface area contributed by atoms with Gasteiger partial charge in [0.1, 0.15) is 5.75 Å². The number of thioether (sulfide) groups is 1. The zero-order chi connectivity index (χ0) is 13.8. The molecule has 0 radical (unpaired) electrons. The monoisotopic (exact) mass is 275 g/mol. The highest BCUT2D eigenvalue weighted by atomic mass is 32.2. The summed E-state index contributed by atoms with van der Waals surface area (Å²) in [6, 6.07) is 7.50. The van der Waals surface area contributed by atoms with Crippen LogP contribution in [0.2, 0.25) is 0 Å². The lowest BCUT2D eigenvalue weighted by atomic mass is 10.0. The molecule has 1 atom stereocenters. The molecule has 0 saturated heterocycles. The smallest absolute Gasteiger partial charge is 0.183 e. The molecule has 0 saturated carbocycles. The van der Waals surface area contributed by atoms with Crippen LogP contribution >= 0.6 is 11.8 Å². The number of allylic oxidation sites excluding steroid dienone is 1. The fourth-order valence-corrected chi connectivity index (χ4v) is 2.84. The molecule has 1 aromatic rings. The summed E-state index contributed by atoms with van der Waals surface area (Å²) in [6.07, 6.45) is 2.58. The Hall–Kier alpha value is -1.68. The minimum Gasteiger partial charge on any atom is -0.494 e. The van der Waals surface area contributed by atoms with E-state index in [-0.39, 0.29) is 11.0 Å². The Morgan fingerprint density at radius 3 is 2.95 bits per heavy atom. The van der Waals surface area contributed by atoms with Gasteiger partial charge in [-0.3, -0.25) is 4.79 Å². The lowest BCUT2D eigenvalue weighted by Crippen LogP contribution is -2.10. The Morgan fingerprint density at radius 1 is 1.53 bits per heavy atom. The summed E-state index contributed by atoms with van der Waals surface area (Å²) in [4.78, 5) is 12.2. The lowest BCUT2D eigenvalue weighted by Gasteiger charge is -2.08. The molecule has 0 aromatic heterocycles. The zero-order valence-corrected chi connectivity index (χ0v) is 11.7. The van der Waals surface area contributed by atoms with Crippen molar-refractivity contribution in [3.63, 3.8) is 0 Å². The van der Waals surface area contributed by atoms with Crippen molar-refractivity contribution in [2.75, 3.05) is 6.61 Å². The normalized spacial score (nSPS) is 18.8. The van der Waals surface area contributed by atoms with E-state index in [9.17, 15) is 4.79 Å². The van der Waals surface area contributed by atoms with Crippen molar-refractivity contribution in [3.8, 4) is 5.75 Å². The largest absolute Gasteiger partial charge is 0.494 e. The molecule has 1 unspecified atom stereocenters. The maximum Gasteiger partial charge on any atom is 0.183 e.